The van der Waals surface area contributed by atoms with Crippen LogP contribution in [0, 0.1) is 0 Å². The van der Waals surface area contributed by atoms with Crippen LogP contribution >= 0.6 is 34.9 Å². The van der Waals surface area contributed by atoms with Crippen molar-refractivity contribution in [2.45, 2.75) is 92.7 Å². The molecule has 0 aromatic carbocycles. The van der Waals surface area contributed by atoms with Crippen LogP contribution in [-0.4, -0.2) is 32.8 Å². The van der Waals surface area contributed by atoms with Crippen LogP contribution in [0.4, 0.5) is 0 Å². The topological polar surface area (TPSA) is 63.1 Å². The molecule has 0 unspecified atom stereocenters. The Labute approximate surface area is 186 Å². The maximum atomic E-state index is 10.5. The number of hydrogen-bond donors (Lipinski definition) is 1. The fourth-order valence-corrected chi connectivity index (χ4v) is 5.35. The van der Waals surface area contributed by atoms with Crippen LogP contribution in [0.5, 0.6) is 0 Å². The predicted molar refractivity (Wildman–Crippen MR) is 110 cm³/mol. The third kappa shape index (κ3) is 15.5. The second-order valence-corrected chi connectivity index (χ2v) is 9.80. The van der Waals surface area contributed by atoms with Crippen LogP contribution in [0.3, 0.4) is 0 Å². The van der Waals surface area contributed by atoms with Gasteiger partial charge in [-0.1, -0.05) is 112 Å². The first kappa shape index (κ1) is 26.5. The molecule has 0 aliphatic rings. The number of unbranched alkanes of at least 4 members (excludes halogenated alkanes) is 11. The van der Waals surface area contributed by atoms with Crippen molar-refractivity contribution in [2.75, 3.05) is 11.5 Å². The van der Waals surface area contributed by atoms with E-state index in [4.69, 9.17) is 5.11 Å². The van der Waals surface area contributed by atoms with Gasteiger partial charge in [-0.25, -0.2) is 0 Å². The van der Waals surface area contributed by atoms with Gasteiger partial charge in [-0.2, -0.15) is 0 Å². The first-order valence-electron chi connectivity index (χ1n) is 9.53. The molecule has 0 saturated heterocycles. The van der Waals surface area contributed by atoms with E-state index in [1.165, 1.54) is 100 Å². The molecular weight excluding hydrogens is 480 g/mol. The van der Waals surface area contributed by atoms with E-state index >= 15 is 0 Å². The molecule has 0 fully saturated rings. The molecule has 8 heteroatoms. The van der Waals surface area contributed by atoms with Crippen LogP contribution in [0.1, 0.15) is 84.0 Å². The summed E-state index contributed by atoms with van der Waals surface area (Å²) in [6.45, 7) is 2.27. The Bertz CT molecular complexity index is 461. The Morgan fingerprint density at radius 1 is 0.846 bits per heavy atom. The summed E-state index contributed by atoms with van der Waals surface area (Å²) in [5.74, 6) is 0.319. The van der Waals surface area contributed by atoms with E-state index in [2.05, 4.69) is 17.1 Å². The summed E-state index contributed by atoms with van der Waals surface area (Å²) in [4.78, 5) is 10.5. The van der Waals surface area contributed by atoms with Gasteiger partial charge in [-0.3, -0.25) is 4.79 Å². The molecule has 0 bridgehead atoms. The fourth-order valence-electron chi connectivity index (χ4n) is 2.54. The number of rotatable bonds is 17. The maximum absolute atomic E-state index is 10.5. The Morgan fingerprint density at radius 2 is 1.31 bits per heavy atom. The predicted octanol–water partition coefficient (Wildman–Crippen LogP) is 6.51. The van der Waals surface area contributed by atoms with Crippen molar-refractivity contribution in [3.05, 3.63) is 0 Å². The van der Waals surface area contributed by atoms with Gasteiger partial charge in [0, 0.05) is 28.1 Å². The van der Waals surface area contributed by atoms with Crippen LogP contribution in [0.15, 0.2) is 8.68 Å². The van der Waals surface area contributed by atoms with Gasteiger partial charge >= 0.3 is 5.97 Å². The van der Waals surface area contributed by atoms with Gasteiger partial charge in [-0.05, 0) is 6.42 Å². The summed E-state index contributed by atoms with van der Waals surface area (Å²) in [5.41, 5.74) is 0. The van der Waals surface area contributed by atoms with Crippen molar-refractivity contribution in [3.8, 4) is 0 Å². The second-order valence-electron chi connectivity index (χ2n) is 6.25. The normalized spacial score (nSPS) is 10.7. The Balaban J connectivity index is 0.00000625. The zero-order chi connectivity index (χ0) is 18.2. The van der Waals surface area contributed by atoms with Crippen molar-refractivity contribution in [3.63, 3.8) is 0 Å². The first-order chi connectivity index (χ1) is 12.2. The molecule has 1 aromatic rings. The van der Waals surface area contributed by atoms with Gasteiger partial charge in [0.15, 0.2) is 8.68 Å². The van der Waals surface area contributed by atoms with Crippen molar-refractivity contribution in [1.29, 1.82) is 0 Å². The summed E-state index contributed by atoms with van der Waals surface area (Å²) >= 11 is 4.48. The second kappa shape index (κ2) is 18.8. The first-order valence-corrected chi connectivity index (χ1v) is 12.3. The average molecular weight is 513 g/mol. The number of carboxylic acid groups (broad SMARTS) is 1. The molecule has 1 aromatic heterocycles. The van der Waals surface area contributed by atoms with E-state index < -0.39 is 5.97 Å². The minimum Gasteiger partial charge on any atom is -0.481 e. The quantitative estimate of drug-likeness (QED) is 0.146. The monoisotopic (exact) mass is 511 g/mol. The average Bonchev–Trinajstić information content (AvgIpc) is 3.05. The van der Waals surface area contributed by atoms with Crippen LogP contribution < -0.4 is 0 Å². The van der Waals surface area contributed by atoms with Gasteiger partial charge in [0.2, 0.25) is 0 Å². The Hall–Kier alpha value is 0.470. The molecule has 1 rings (SSSR count). The number of nitrogens with zero attached hydrogens (tertiary/aromatic N) is 2. The minimum absolute atomic E-state index is 0. The van der Waals surface area contributed by atoms with Gasteiger partial charge < -0.3 is 5.11 Å². The number of carboxylic acids is 1. The van der Waals surface area contributed by atoms with E-state index in [0.717, 1.165) is 14.4 Å². The Morgan fingerprint density at radius 3 is 1.81 bits per heavy atom. The molecule has 1 heterocycles. The number of thioether (sulfide) groups is 2. The standard InChI is InChI=1S/C18H32N2O2S3.Ag/c1-2-3-4-5-6-7-8-9-10-11-12-13-14-23-17-19-20-18(25-17)24-15-16(21)22;/h2-15H2,1H3,(H,21,22);. The van der Waals surface area contributed by atoms with Gasteiger partial charge in [-0.15, -0.1) is 10.2 Å². The van der Waals surface area contributed by atoms with E-state index in [0.29, 0.717) is 0 Å². The number of carbonyl (C=O) groups is 1. The van der Waals surface area contributed by atoms with Crippen molar-refractivity contribution in [2.24, 2.45) is 0 Å². The van der Waals surface area contributed by atoms with Crippen molar-refractivity contribution < 1.29 is 32.3 Å². The zero-order valence-corrected chi connectivity index (χ0v) is 19.6. The van der Waals surface area contributed by atoms with Gasteiger partial charge in [0.05, 0.1) is 5.75 Å². The minimum atomic E-state index is -0.814. The molecule has 26 heavy (non-hydrogen) atoms. The molecule has 155 valence electrons. The SMILES string of the molecule is CCCCCCCCCCCCCCSc1nnc(SCC(=O)O)s1.[Ag]. The molecule has 1 radical (unpaired) electrons. The molecular formula is C18H32AgN2O2S3. The zero-order valence-electron chi connectivity index (χ0n) is 15.7. The molecule has 4 nitrogen and oxygen atoms in total. The molecule has 0 amide bonds. The third-order valence-electron chi connectivity index (χ3n) is 3.93. The molecule has 0 saturated carbocycles. The summed E-state index contributed by atoms with van der Waals surface area (Å²) in [7, 11) is 0. The largest absolute Gasteiger partial charge is 0.481 e. The van der Waals surface area contributed by atoms with E-state index in [9.17, 15) is 4.79 Å². The molecule has 0 atom stereocenters. The van der Waals surface area contributed by atoms with Gasteiger partial charge in [0.25, 0.3) is 0 Å². The number of aliphatic carboxylic acids is 1. The van der Waals surface area contributed by atoms with Crippen molar-refractivity contribution >= 4 is 40.8 Å². The molecule has 0 aliphatic carbocycles. The Kier molecular flexibility index (Phi) is 19.2. The van der Waals surface area contributed by atoms with E-state index in [-0.39, 0.29) is 28.1 Å². The molecule has 0 spiro atoms. The smallest absolute Gasteiger partial charge is 0.313 e. The summed E-state index contributed by atoms with van der Waals surface area (Å²) in [5, 5.41) is 16.8. The van der Waals surface area contributed by atoms with Crippen molar-refractivity contribution in [1.82, 2.24) is 10.2 Å². The summed E-state index contributed by atoms with van der Waals surface area (Å²) in [6.07, 6.45) is 16.4. The maximum Gasteiger partial charge on any atom is 0.313 e. The summed E-state index contributed by atoms with van der Waals surface area (Å²) < 4.78 is 1.70. The number of aromatic nitrogens is 2. The van der Waals surface area contributed by atoms with Gasteiger partial charge in [0.1, 0.15) is 0 Å². The molecule has 0 aliphatic heterocycles. The molecule has 1 N–H and O–H groups in total. The van der Waals surface area contributed by atoms with Crippen LogP contribution in [0.2, 0.25) is 0 Å². The number of hydrogen-bond acceptors (Lipinski definition) is 6. The van der Waals surface area contributed by atoms with Crippen LogP contribution in [0.25, 0.3) is 0 Å². The van der Waals surface area contributed by atoms with E-state index in [1.807, 2.05) is 0 Å². The van der Waals surface area contributed by atoms with Crippen LogP contribution in [-0.2, 0) is 27.2 Å². The van der Waals surface area contributed by atoms with E-state index in [1.54, 1.807) is 11.8 Å². The summed E-state index contributed by atoms with van der Waals surface area (Å²) in [6, 6.07) is 0. The fraction of sp³-hybridized carbons (Fsp3) is 0.833. The third-order valence-corrected chi connectivity index (χ3v) is 7.19.